The Morgan fingerprint density at radius 2 is 1.86 bits per heavy atom. The molecule has 0 fully saturated rings. The Balaban J connectivity index is 2.11. The van der Waals surface area contributed by atoms with E-state index < -0.39 is 5.97 Å². The molecule has 0 saturated carbocycles. The van der Waals surface area contributed by atoms with Gasteiger partial charge in [0.2, 0.25) is 5.88 Å². The summed E-state index contributed by atoms with van der Waals surface area (Å²) in [5.74, 6) is 0.103. The summed E-state index contributed by atoms with van der Waals surface area (Å²) < 4.78 is 5.63. The van der Waals surface area contributed by atoms with Gasteiger partial charge in [0.1, 0.15) is 17.1 Å². The minimum Gasteiger partial charge on any atom is -0.478 e. The van der Waals surface area contributed by atoms with E-state index in [1.54, 1.807) is 31.3 Å². The van der Waals surface area contributed by atoms with Crippen LogP contribution in [0.5, 0.6) is 11.6 Å². The molecule has 5 nitrogen and oxygen atoms in total. The zero-order valence-electron chi connectivity index (χ0n) is 11.3. The van der Waals surface area contributed by atoms with E-state index in [9.17, 15) is 9.90 Å². The van der Waals surface area contributed by atoms with Gasteiger partial charge >= 0.3 is 5.97 Å². The van der Waals surface area contributed by atoms with Crippen molar-refractivity contribution in [2.75, 3.05) is 0 Å². The van der Waals surface area contributed by atoms with Gasteiger partial charge in [-0.2, -0.15) is 4.98 Å². The molecule has 0 amide bonds. The van der Waals surface area contributed by atoms with Crippen LogP contribution in [0.2, 0.25) is 0 Å². The van der Waals surface area contributed by atoms with Crippen molar-refractivity contribution in [2.45, 2.75) is 6.92 Å². The van der Waals surface area contributed by atoms with E-state index in [0.717, 1.165) is 10.8 Å². The maximum absolute atomic E-state index is 11.4. The summed E-state index contributed by atoms with van der Waals surface area (Å²) in [7, 11) is 0. The molecule has 2 aromatic carbocycles. The number of aryl methyl sites for hydroxylation is 1. The van der Waals surface area contributed by atoms with Gasteiger partial charge in [0.05, 0.1) is 0 Å². The topological polar surface area (TPSA) is 72.3 Å². The molecule has 0 aliphatic carbocycles. The minimum atomic E-state index is -1.04. The minimum absolute atomic E-state index is 0.102. The molecule has 0 atom stereocenters. The van der Waals surface area contributed by atoms with Crippen LogP contribution in [0.25, 0.3) is 10.8 Å². The second-order valence-electron chi connectivity index (χ2n) is 4.54. The third kappa shape index (κ3) is 2.67. The number of fused-ring (bicyclic) bond motifs is 1. The number of carboxylic acids is 1. The Morgan fingerprint density at radius 3 is 2.52 bits per heavy atom. The van der Waals surface area contributed by atoms with Crippen molar-refractivity contribution in [3.05, 3.63) is 60.0 Å². The van der Waals surface area contributed by atoms with Crippen LogP contribution in [0.3, 0.4) is 0 Å². The summed E-state index contributed by atoms with van der Waals surface area (Å²) in [6, 6.07) is 12.4. The van der Waals surface area contributed by atoms with E-state index in [0.29, 0.717) is 11.7 Å². The van der Waals surface area contributed by atoms with Crippen LogP contribution in [-0.4, -0.2) is 21.0 Å². The average Bonchev–Trinajstić information content (AvgIpc) is 2.46. The van der Waals surface area contributed by atoms with Crippen LogP contribution in [0.4, 0.5) is 0 Å². The van der Waals surface area contributed by atoms with Crippen molar-refractivity contribution in [1.82, 2.24) is 9.97 Å². The molecule has 0 aliphatic heterocycles. The maximum atomic E-state index is 11.4. The van der Waals surface area contributed by atoms with E-state index in [2.05, 4.69) is 9.97 Å². The van der Waals surface area contributed by atoms with Gasteiger partial charge in [-0.05, 0) is 29.8 Å². The van der Waals surface area contributed by atoms with Crippen molar-refractivity contribution in [2.24, 2.45) is 0 Å². The fourth-order valence-corrected chi connectivity index (χ4v) is 2.07. The first kappa shape index (κ1) is 13.1. The number of nitrogens with zero attached hydrogens (tertiary/aromatic N) is 2. The molecule has 0 saturated heterocycles. The van der Waals surface area contributed by atoms with E-state index >= 15 is 0 Å². The van der Waals surface area contributed by atoms with E-state index in [1.165, 1.54) is 0 Å². The molecule has 0 radical (unpaired) electrons. The Labute approximate surface area is 120 Å². The molecule has 1 aromatic heterocycles. The highest BCUT2D eigenvalue weighted by molar-refractivity contribution is 5.97. The maximum Gasteiger partial charge on any atom is 0.339 e. The standard InChI is InChI=1S/C16H12N2O3/c1-10-17-7-6-15(18-10)21-14-9-12-5-3-2-4-11(12)8-13(14)16(19)20/h2-9H,1H3,(H,19,20). The highest BCUT2D eigenvalue weighted by atomic mass is 16.5. The first-order valence-corrected chi connectivity index (χ1v) is 6.37. The molecular formula is C16H12N2O3. The molecule has 21 heavy (non-hydrogen) atoms. The Bertz CT molecular complexity index is 831. The van der Waals surface area contributed by atoms with Crippen molar-refractivity contribution in [3.8, 4) is 11.6 Å². The Morgan fingerprint density at radius 1 is 1.14 bits per heavy atom. The van der Waals surface area contributed by atoms with Gasteiger partial charge in [-0.25, -0.2) is 9.78 Å². The van der Waals surface area contributed by atoms with Crippen LogP contribution in [0.15, 0.2) is 48.7 Å². The third-order valence-corrected chi connectivity index (χ3v) is 3.04. The van der Waals surface area contributed by atoms with Crippen molar-refractivity contribution < 1.29 is 14.6 Å². The first-order chi connectivity index (χ1) is 10.1. The van der Waals surface area contributed by atoms with Crippen molar-refractivity contribution in [1.29, 1.82) is 0 Å². The Hall–Kier alpha value is -2.95. The third-order valence-electron chi connectivity index (χ3n) is 3.04. The molecule has 3 rings (SSSR count). The average molecular weight is 280 g/mol. The smallest absolute Gasteiger partial charge is 0.339 e. The summed E-state index contributed by atoms with van der Waals surface area (Å²) in [4.78, 5) is 19.5. The fourth-order valence-electron chi connectivity index (χ4n) is 2.07. The monoisotopic (exact) mass is 280 g/mol. The van der Waals surface area contributed by atoms with Crippen molar-refractivity contribution in [3.63, 3.8) is 0 Å². The molecule has 0 bridgehead atoms. The summed E-state index contributed by atoms with van der Waals surface area (Å²) in [5.41, 5.74) is 0.102. The van der Waals surface area contributed by atoms with E-state index in [-0.39, 0.29) is 11.3 Å². The number of carboxylic acid groups (broad SMARTS) is 1. The molecule has 0 unspecified atom stereocenters. The highest BCUT2D eigenvalue weighted by Gasteiger charge is 2.14. The lowest BCUT2D eigenvalue weighted by Crippen LogP contribution is -2.01. The summed E-state index contributed by atoms with van der Waals surface area (Å²) >= 11 is 0. The van der Waals surface area contributed by atoms with Gasteiger partial charge in [0.15, 0.2) is 0 Å². The van der Waals surface area contributed by atoms with Crippen LogP contribution in [0, 0.1) is 6.92 Å². The van der Waals surface area contributed by atoms with Crippen molar-refractivity contribution >= 4 is 16.7 Å². The number of hydrogen-bond acceptors (Lipinski definition) is 4. The van der Waals surface area contributed by atoms with E-state index in [4.69, 9.17) is 4.74 Å². The fraction of sp³-hybridized carbons (Fsp3) is 0.0625. The number of hydrogen-bond donors (Lipinski definition) is 1. The lowest BCUT2D eigenvalue weighted by molar-refractivity contribution is 0.0694. The SMILES string of the molecule is Cc1nccc(Oc2cc3ccccc3cc2C(=O)O)n1. The Kier molecular flexibility index (Phi) is 3.23. The molecule has 0 spiro atoms. The molecule has 1 heterocycles. The summed E-state index contributed by atoms with van der Waals surface area (Å²) in [6.45, 7) is 1.74. The largest absolute Gasteiger partial charge is 0.478 e. The quantitative estimate of drug-likeness (QED) is 0.795. The lowest BCUT2D eigenvalue weighted by Gasteiger charge is -2.10. The predicted molar refractivity (Wildman–Crippen MR) is 77.8 cm³/mol. The molecule has 104 valence electrons. The second kappa shape index (κ2) is 5.20. The highest BCUT2D eigenvalue weighted by Crippen LogP contribution is 2.29. The van der Waals surface area contributed by atoms with Gasteiger partial charge in [-0.15, -0.1) is 0 Å². The molecule has 3 aromatic rings. The molecule has 1 N–H and O–H groups in total. The lowest BCUT2D eigenvalue weighted by atomic mass is 10.1. The van der Waals surface area contributed by atoms with Crippen LogP contribution < -0.4 is 4.74 Å². The number of aromatic carboxylic acids is 1. The van der Waals surface area contributed by atoms with E-state index in [1.807, 2.05) is 24.3 Å². The van der Waals surface area contributed by atoms with Gasteiger partial charge in [0, 0.05) is 12.3 Å². The molecule has 5 heteroatoms. The summed E-state index contributed by atoms with van der Waals surface area (Å²) in [6.07, 6.45) is 1.57. The van der Waals surface area contributed by atoms with Gasteiger partial charge in [-0.3, -0.25) is 0 Å². The molecular weight excluding hydrogens is 268 g/mol. The van der Waals surface area contributed by atoms with Gasteiger partial charge in [-0.1, -0.05) is 24.3 Å². The zero-order chi connectivity index (χ0) is 14.8. The van der Waals surface area contributed by atoms with Crippen LogP contribution in [0.1, 0.15) is 16.2 Å². The number of carbonyl (C=O) groups is 1. The second-order valence-corrected chi connectivity index (χ2v) is 4.54. The van der Waals surface area contributed by atoms with Crippen LogP contribution in [-0.2, 0) is 0 Å². The number of benzene rings is 2. The summed E-state index contributed by atoms with van der Waals surface area (Å²) in [5, 5.41) is 11.1. The number of aromatic nitrogens is 2. The molecule has 0 aliphatic rings. The number of rotatable bonds is 3. The number of ether oxygens (including phenoxy) is 1. The van der Waals surface area contributed by atoms with Crippen LogP contribution >= 0.6 is 0 Å². The zero-order valence-corrected chi connectivity index (χ0v) is 11.3. The first-order valence-electron chi connectivity index (χ1n) is 6.37. The normalized spacial score (nSPS) is 10.5. The predicted octanol–water partition coefficient (Wildman–Crippen LogP) is 3.43. The van der Waals surface area contributed by atoms with Gasteiger partial charge < -0.3 is 9.84 Å². The van der Waals surface area contributed by atoms with Gasteiger partial charge in [0.25, 0.3) is 0 Å².